The molecule has 0 atom stereocenters. The summed E-state index contributed by atoms with van der Waals surface area (Å²) in [6, 6.07) is 0. The Balaban J connectivity index is 1.96. The fourth-order valence-electron chi connectivity index (χ4n) is 1.19. The van der Waals surface area contributed by atoms with E-state index in [9.17, 15) is 0 Å². The molecule has 0 saturated heterocycles. The van der Waals surface area contributed by atoms with Crippen molar-refractivity contribution < 1.29 is 4.52 Å². The molecular weight excluding hydrogens is 256 g/mol. The zero-order chi connectivity index (χ0) is 12.3. The SMILES string of the molecule is CC(C)CSCc1noc(-c2csc(N)n2)n1. The molecule has 92 valence electrons. The third-order valence-corrected chi connectivity index (χ3v) is 3.93. The van der Waals surface area contributed by atoms with E-state index >= 15 is 0 Å². The lowest BCUT2D eigenvalue weighted by atomic mass is 10.3. The first-order valence-electron chi connectivity index (χ1n) is 5.27. The van der Waals surface area contributed by atoms with Gasteiger partial charge in [-0.15, -0.1) is 11.3 Å². The molecule has 2 rings (SSSR count). The van der Waals surface area contributed by atoms with Gasteiger partial charge in [-0.2, -0.15) is 16.7 Å². The predicted molar refractivity (Wildman–Crippen MR) is 70.8 cm³/mol. The maximum Gasteiger partial charge on any atom is 0.277 e. The first-order valence-corrected chi connectivity index (χ1v) is 7.30. The van der Waals surface area contributed by atoms with Crippen molar-refractivity contribution in [3.8, 4) is 11.6 Å². The van der Waals surface area contributed by atoms with Gasteiger partial charge in [0.25, 0.3) is 5.89 Å². The lowest BCUT2D eigenvalue weighted by molar-refractivity contribution is 0.424. The Hall–Kier alpha value is -1.08. The molecule has 2 N–H and O–H groups in total. The lowest BCUT2D eigenvalue weighted by Gasteiger charge is -2.00. The molecule has 0 aliphatic heterocycles. The highest BCUT2D eigenvalue weighted by Gasteiger charge is 2.11. The van der Waals surface area contributed by atoms with E-state index in [2.05, 4.69) is 29.0 Å². The van der Waals surface area contributed by atoms with Crippen LogP contribution in [0, 0.1) is 5.92 Å². The van der Waals surface area contributed by atoms with Gasteiger partial charge in [-0.1, -0.05) is 19.0 Å². The second kappa shape index (κ2) is 5.50. The molecule has 2 heterocycles. The summed E-state index contributed by atoms with van der Waals surface area (Å²) in [5.74, 6) is 3.68. The van der Waals surface area contributed by atoms with Crippen LogP contribution in [0.1, 0.15) is 19.7 Å². The normalized spacial score (nSPS) is 11.2. The third kappa shape index (κ3) is 3.44. The molecule has 5 nitrogen and oxygen atoms in total. The number of thioether (sulfide) groups is 1. The maximum atomic E-state index is 5.55. The van der Waals surface area contributed by atoms with Crippen LogP contribution >= 0.6 is 23.1 Å². The number of nitrogen functional groups attached to an aromatic ring is 1. The van der Waals surface area contributed by atoms with Crippen molar-refractivity contribution in [2.75, 3.05) is 11.5 Å². The highest BCUT2D eigenvalue weighted by molar-refractivity contribution is 7.98. The molecule has 0 aliphatic rings. The van der Waals surface area contributed by atoms with Crippen molar-refractivity contribution in [1.29, 1.82) is 0 Å². The molecule has 0 aromatic carbocycles. The standard InChI is InChI=1S/C10H14N4OS2/c1-6(2)3-16-5-8-13-9(15-14-8)7-4-17-10(11)12-7/h4,6H,3,5H2,1-2H3,(H2,11,12). The van der Waals surface area contributed by atoms with Crippen molar-refractivity contribution in [3.05, 3.63) is 11.2 Å². The van der Waals surface area contributed by atoms with Crippen LogP contribution in [0.2, 0.25) is 0 Å². The number of nitrogens with zero attached hydrogens (tertiary/aromatic N) is 3. The minimum atomic E-state index is 0.443. The van der Waals surface area contributed by atoms with Crippen molar-refractivity contribution in [2.24, 2.45) is 5.92 Å². The molecule has 0 aliphatic carbocycles. The summed E-state index contributed by atoms with van der Waals surface area (Å²) in [4.78, 5) is 8.38. The van der Waals surface area contributed by atoms with Crippen LogP contribution in [0.25, 0.3) is 11.6 Å². The van der Waals surface area contributed by atoms with Crippen LogP contribution in [0.15, 0.2) is 9.90 Å². The Bertz CT molecular complexity index is 480. The molecule has 2 aromatic rings. The van der Waals surface area contributed by atoms with Gasteiger partial charge in [0, 0.05) is 5.38 Å². The molecule has 0 fully saturated rings. The lowest BCUT2D eigenvalue weighted by Crippen LogP contribution is -1.92. The number of thiazole rings is 1. The number of anilines is 1. The van der Waals surface area contributed by atoms with Crippen molar-refractivity contribution in [3.63, 3.8) is 0 Å². The highest BCUT2D eigenvalue weighted by Crippen LogP contribution is 2.22. The van der Waals surface area contributed by atoms with E-state index in [1.165, 1.54) is 11.3 Å². The zero-order valence-corrected chi connectivity index (χ0v) is 11.3. The van der Waals surface area contributed by atoms with E-state index in [0.29, 0.717) is 28.5 Å². The monoisotopic (exact) mass is 270 g/mol. The highest BCUT2D eigenvalue weighted by atomic mass is 32.2. The van der Waals surface area contributed by atoms with Crippen LogP contribution in [0.5, 0.6) is 0 Å². The van der Waals surface area contributed by atoms with Gasteiger partial charge in [-0.3, -0.25) is 0 Å². The molecule has 7 heteroatoms. The Labute approximate surface area is 108 Å². The number of aromatic nitrogens is 3. The Morgan fingerprint density at radius 3 is 2.94 bits per heavy atom. The van der Waals surface area contributed by atoms with Crippen LogP contribution in [-0.4, -0.2) is 20.9 Å². The number of hydrogen-bond donors (Lipinski definition) is 1. The van der Waals surface area contributed by atoms with Crippen molar-refractivity contribution in [1.82, 2.24) is 15.1 Å². The molecule has 0 spiro atoms. The minimum Gasteiger partial charge on any atom is -0.375 e. The molecule has 0 amide bonds. The summed E-state index contributed by atoms with van der Waals surface area (Å²) in [5.41, 5.74) is 6.20. The Morgan fingerprint density at radius 1 is 1.47 bits per heavy atom. The van der Waals surface area contributed by atoms with Gasteiger partial charge in [0.05, 0.1) is 5.75 Å². The van der Waals surface area contributed by atoms with E-state index in [4.69, 9.17) is 10.3 Å². The van der Waals surface area contributed by atoms with Gasteiger partial charge >= 0.3 is 0 Å². The predicted octanol–water partition coefficient (Wildman–Crippen LogP) is 2.66. The van der Waals surface area contributed by atoms with Crippen LogP contribution in [0.4, 0.5) is 5.13 Å². The zero-order valence-electron chi connectivity index (χ0n) is 9.71. The van der Waals surface area contributed by atoms with E-state index in [0.717, 1.165) is 11.5 Å². The van der Waals surface area contributed by atoms with Crippen LogP contribution < -0.4 is 5.73 Å². The maximum absolute atomic E-state index is 5.55. The van der Waals surface area contributed by atoms with E-state index in [1.807, 2.05) is 5.38 Å². The Morgan fingerprint density at radius 2 is 2.29 bits per heavy atom. The molecular formula is C10H14N4OS2. The average Bonchev–Trinajstić information content (AvgIpc) is 2.86. The number of nitrogens with two attached hydrogens (primary N) is 1. The fraction of sp³-hybridized carbons (Fsp3) is 0.500. The fourth-order valence-corrected chi connectivity index (χ4v) is 2.61. The largest absolute Gasteiger partial charge is 0.375 e. The van der Waals surface area contributed by atoms with Crippen molar-refractivity contribution >= 4 is 28.2 Å². The molecule has 2 aromatic heterocycles. The van der Waals surface area contributed by atoms with Crippen LogP contribution in [-0.2, 0) is 5.75 Å². The second-order valence-corrected chi connectivity index (χ2v) is 5.92. The first-order chi connectivity index (χ1) is 8.15. The topological polar surface area (TPSA) is 77.8 Å². The molecule has 0 unspecified atom stereocenters. The van der Waals surface area contributed by atoms with Gasteiger partial charge in [0.2, 0.25) is 0 Å². The summed E-state index contributed by atoms with van der Waals surface area (Å²) < 4.78 is 5.14. The third-order valence-electron chi connectivity index (χ3n) is 1.89. The van der Waals surface area contributed by atoms with E-state index in [1.54, 1.807) is 11.8 Å². The summed E-state index contributed by atoms with van der Waals surface area (Å²) in [5, 5.41) is 6.24. The summed E-state index contributed by atoms with van der Waals surface area (Å²) >= 11 is 3.16. The smallest absolute Gasteiger partial charge is 0.277 e. The van der Waals surface area contributed by atoms with Gasteiger partial charge in [0.1, 0.15) is 5.69 Å². The van der Waals surface area contributed by atoms with Gasteiger partial charge in [-0.25, -0.2) is 4.98 Å². The van der Waals surface area contributed by atoms with Crippen LogP contribution in [0.3, 0.4) is 0 Å². The summed E-state index contributed by atoms with van der Waals surface area (Å²) in [6.07, 6.45) is 0. The van der Waals surface area contributed by atoms with Gasteiger partial charge in [-0.05, 0) is 11.7 Å². The summed E-state index contributed by atoms with van der Waals surface area (Å²) in [6.45, 7) is 4.37. The first kappa shape index (κ1) is 12.4. The second-order valence-electron chi connectivity index (χ2n) is 4.00. The molecule has 17 heavy (non-hydrogen) atoms. The number of hydrogen-bond acceptors (Lipinski definition) is 7. The van der Waals surface area contributed by atoms with Gasteiger partial charge < -0.3 is 10.3 Å². The minimum absolute atomic E-state index is 0.443. The molecule has 0 bridgehead atoms. The average molecular weight is 270 g/mol. The Kier molecular flexibility index (Phi) is 4.01. The number of rotatable bonds is 5. The van der Waals surface area contributed by atoms with Crippen molar-refractivity contribution in [2.45, 2.75) is 19.6 Å². The van der Waals surface area contributed by atoms with E-state index in [-0.39, 0.29) is 0 Å². The van der Waals surface area contributed by atoms with E-state index < -0.39 is 0 Å². The summed E-state index contributed by atoms with van der Waals surface area (Å²) in [7, 11) is 0. The van der Waals surface area contributed by atoms with Gasteiger partial charge in [0.15, 0.2) is 11.0 Å². The quantitative estimate of drug-likeness (QED) is 0.900. The molecule has 0 saturated carbocycles. The molecule has 0 radical (unpaired) electrons.